The molecule has 0 saturated heterocycles. The third-order valence-corrected chi connectivity index (χ3v) is 4.33. The number of aromatic amines is 1. The molecule has 1 aliphatic heterocycles. The van der Waals surface area contributed by atoms with E-state index in [0.717, 1.165) is 16.5 Å². The summed E-state index contributed by atoms with van der Waals surface area (Å²) >= 11 is 0. The third-order valence-electron chi connectivity index (χ3n) is 4.33. The molecule has 1 aromatic carbocycles. The van der Waals surface area contributed by atoms with E-state index >= 15 is 0 Å². The molecule has 1 amide bonds. The van der Waals surface area contributed by atoms with Crippen LogP contribution in [0.25, 0.3) is 10.9 Å². The normalized spacial score (nSPS) is 16.9. The number of fused-ring (bicyclic) bond motifs is 2. The summed E-state index contributed by atoms with van der Waals surface area (Å²) in [7, 11) is 0. The van der Waals surface area contributed by atoms with Crippen molar-refractivity contribution in [2.45, 2.75) is 25.9 Å². The van der Waals surface area contributed by atoms with Crippen LogP contribution in [0, 0.1) is 0 Å². The average Bonchev–Trinajstić information content (AvgIpc) is 3.02. The van der Waals surface area contributed by atoms with Crippen LogP contribution in [0.15, 0.2) is 36.8 Å². The fraction of sp³-hybridized carbons (Fsp3) is 0.235. The van der Waals surface area contributed by atoms with E-state index in [1.807, 2.05) is 37.4 Å². The van der Waals surface area contributed by atoms with Crippen molar-refractivity contribution in [1.29, 1.82) is 0 Å². The van der Waals surface area contributed by atoms with Gasteiger partial charge in [0.15, 0.2) is 0 Å². The molecule has 24 heavy (non-hydrogen) atoms. The molecule has 0 saturated carbocycles. The zero-order valence-electron chi connectivity index (χ0n) is 13.1. The molecule has 0 unspecified atom stereocenters. The Morgan fingerprint density at radius 2 is 2.25 bits per heavy atom. The fourth-order valence-electron chi connectivity index (χ4n) is 3.05. The lowest BCUT2D eigenvalue weighted by Gasteiger charge is -2.32. The largest absolute Gasteiger partial charge is 0.465 e. The average molecular weight is 324 g/mol. The zero-order valence-corrected chi connectivity index (χ0v) is 13.1. The van der Waals surface area contributed by atoms with Crippen LogP contribution in [0.3, 0.4) is 0 Å². The number of amides is 1. The highest BCUT2D eigenvalue weighted by Crippen LogP contribution is 2.31. The van der Waals surface area contributed by atoms with Crippen LogP contribution in [0.2, 0.25) is 0 Å². The molecule has 0 aliphatic carbocycles. The van der Waals surface area contributed by atoms with Gasteiger partial charge in [-0.05, 0) is 37.6 Å². The Labute approximate surface area is 137 Å². The van der Waals surface area contributed by atoms with Gasteiger partial charge >= 0.3 is 6.09 Å². The van der Waals surface area contributed by atoms with E-state index in [2.05, 4.69) is 15.0 Å². The molecule has 4 rings (SSSR count). The molecule has 3 heterocycles. The molecule has 7 nitrogen and oxygen atoms in total. The van der Waals surface area contributed by atoms with Gasteiger partial charge in [-0.3, -0.25) is 4.90 Å². The van der Waals surface area contributed by atoms with Crippen molar-refractivity contribution in [2.24, 2.45) is 0 Å². The Kier molecular flexibility index (Phi) is 3.34. The molecule has 3 aromatic rings. The van der Waals surface area contributed by atoms with Crippen LogP contribution in [-0.2, 0) is 13.0 Å². The van der Waals surface area contributed by atoms with E-state index in [-0.39, 0.29) is 12.6 Å². The maximum Gasteiger partial charge on any atom is 0.407 e. The summed E-state index contributed by atoms with van der Waals surface area (Å²) in [6.07, 6.45) is 2.89. The first-order valence-electron chi connectivity index (χ1n) is 7.69. The molecule has 122 valence electrons. The van der Waals surface area contributed by atoms with Gasteiger partial charge in [0.2, 0.25) is 5.88 Å². The van der Waals surface area contributed by atoms with Crippen LogP contribution in [-0.4, -0.2) is 37.1 Å². The van der Waals surface area contributed by atoms with Crippen LogP contribution in [0.5, 0.6) is 11.6 Å². The predicted octanol–water partition coefficient (Wildman–Crippen LogP) is 3.17. The first kappa shape index (κ1) is 14.5. The number of hydrogen-bond donors (Lipinski definition) is 2. The Bertz CT molecular complexity index is 921. The number of hydrogen-bond acceptors (Lipinski definition) is 4. The number of benzene rings is 1. The van der Waals surface area contributed by atoms with Crippen molar-refractivity contribution in [3.05, 3.63) is 48.0 Å². The van der Waals surface area contributed by atoms with Crippen molar-refractivity contribution >= 4 is 17.0 Å². The molecule has 1 aliphatic rings. The molecule has 0 fully saturated rings. The van der Waals surface area contributed by atoms with Gasteiger partial charge in [-0.25, -0.2) is 14.8 Å². The van der Waals surface area contributed by atoms with Crippen LogP contribution >= 0.6 is 0 Å². The number of ether oxygens (including phenoxy) is 1. The van der Waals surface area contributed by atoms with Gasteiger partial charge in [-0.1, -0.05) is 0 Å². The molecule has 2 N–H and O–H groups in total. The monoisotopic (exact) mass is 324 g/mol. The maximum atomic E-state index is 11.3. The molecule has 0 bridgehead atoms. The summed E-state index contributed by atoms with van der Waals surface area (Å²) < 4.78 is 5.97. The lowest BCUT2D eigenvalue weighted by molar-refractivity contribution is 0.118. The van der Waals surface area contributed by atoms with Gasteiger partial charge in [-0.15, -0.1) is 0 Å². The topological polar surface area (TPSA) is 91.3 Å². The molecule has 2 aromatic heterocycles. The van der Waals surface area contributed by atoms with E-state index in [0.29, 0.717) is 23.7 Å². The van der Waals surface area contributed by atoms with Crippen LogP contribution in [0.4, 0.5) is 4.79 Å². The Hall–Kier alpha value is -3.09. The number of carboxylic acid groups (broad SMARTS) is 1. The number of aromatic nitrogens is 3. The first-order valence-corrected chi connectivity index (χ1v) is 7.69. The second-order valence-electron chi connectivity index (χ2n) is 5.90. The van der Waals surface area contributed by atoms with Crippen molar-refractivity contribution in [3.8, 4) is 11.6 Å². The summed E-state index contributed by atoms with van der Waals surface area (Å²) in [5.74, 6) is 1.18. The quantitative estimate of drug-likeness (QED) is 0.755. The number of H-pyrrole nitrogens is 1. The molecule has 0 radical (unpaired) electrons. The molecule has 7 heteroatoms. The number of nitrogens with one attached hydrogen (secondary N) is 1. The summed E-state index contributed by atoms with van der Waals surface area (Å²) in [5, 5.41) is 10.3. The number of rotatable bonds is 2. The second-order valence-corrected chi connectivity index (χ2v) is 5.90. The van der Waals surface area contributed by atoms with Gasteiger partial charge in [0, 0.05) is 28.7 Å². The zero-order chi connectivity index (χ0) is 16.7. The van der Waals surface area contributed by atoms with Crippen molar-refractivity contribution in [3.63, 3.8) is 0 Å². The maximum absolute atomic E-state index is 11.3. The van der Waals surface area contributed by atoms with E-state index in [9.17, 15) is 9.90 Å². The van der Waals surface area contributed by atoms with Crippen molar-refractivity contribution in [2.75, 3.05) is 0 Å². The molecule has 0 spiro atoms. The van der Waals surface area contributed by atoms with Crippen molar-refractivity contribution < 1.29 is 14.6 Å². The Morgan fingerprint density at radius 1 is 1.38 bits per heavy atom. The molecular weight excluding hydrogens is 308 g/mol. The highest BCUT2D eigenvalue weighted by Gasteiger charge is 2.30. The van der Waals surface area contributed by atoms with Gasteiger partial charge < -0.3 is 14.8 Å². The lowest BCUT2D eigenvalue weighted by atomic mass is 10.00. The number of carbonyl (C=O) groups is 1. The summed E-state index contributed by atoms with van der Waals surface area (Å²) in [5.41, 5.74) is 2.61. The summed E-state index contributed by atoms with van der Waals surface area (Å²) in [4.78, 5) is 24.3. The van der Waals surface area contributed by atoms with Gasteiger partial charge in [0.05, 0.1) is 12.2 Å². The number of nitrogens with zero attached hydrogens (tertiary/aromatic N) is 3. The Morgan fingerprint density at radius 3 is 3.08 bits per heavy atom. The molecular formula is C17H16N4O3. The highest BCUT2D eigenvalue weighted by atomic mass is 16.5. The van der Waals surface area contributed by atoms with Crippen LogP contribution < -0.4 is 4.74 Å². The van der Waals surface area contributed by atoms with Gasteiger partial charge in [0.25, 0.3) is 0 Å². The first-order chi connectivity index (χ1) is 11.6. The SMILES string of the molecule is C[C@@H]1Cc2c(ncnc2Oc2ccc3[nH]ccc3c2)CN1C(=O)O. The Balaban J connectivity index is 1.67. The van der Waals surface area contributed by atoms with E-state index in [1.54, 1.807) is 0 Å². The summed E-state index contributed by atoms with van der Waals surface area (Å²) in [6, 6.07) is 7.60. The minimum Gasteiger partial charge on any atom is -0.465 e. The third kappa shape index (κ3) is 2.44. The second kappa shape index (κ2) is 5.52. The fourth-order valence-corrected chi connectivity index (χ4v) is 3.05. The van der Waals surface area contributed by atoms with Crippen molar-refractivity contribution in [1.82, 2.24) is 19.9 Å². The minimum atomic E-state index is -0.938. The van der Waals surface area contributed by atoms with Gasteiger partial charge in [0.1, 0.15) is 12.1 Å². The van der Waals surface area contributed by atoms with Crippen LogP contribution in [0.1, 0.15) is 18.2 Å². The smallest absolute Gasteiger partial charge is 0.407 e. The minimum absolute atomic E-state index is 0.143. The van der Waals surface area contributed by atoms with E-state index < -0.39 is 6.09 Å². The van der Waals surface area contributed by atoms with E-state index in [1.165, 1.54) is 11.2 Å². The predicted molar refractivity (Wildman–Crippen MR) is 87.1 cm³/mol. The standard InChI is InChI=1S/C17H16N4O3/c1-10-6-13-15(8-21(10)17(22)23)19-9-20-16(13)24-12-2-3-14-11(7-12)4-5-18-14/h2-5,7,9-10,18H,6,8H2,1H3,(H,22,23)/t10-/m1/s1. The highest BCUT2D eigenvalue weighted by molar-refractivity contribution is 5.80. The molecule has 1 atom stereocenters. The van der Waals surface area contributed by atoms with E-state index in [4.69, 9.17) is 4.74 Å². The summed E-state index contributed by atoms with van der Waals surface area (Å²) in [6.45, 7) is 2.13. The van der Waals surface area contributed by atoms with Gasteiger partial charge in [-0.2, -0.15) is 0 Å². The lowest BCUT2D eigenvalue weighted by Crippen LogP contribution is -2.42.